The first-order valence-corrected chi connectivity index (χ1v) is 9.36. The molecule has 2 amide bonds. The molecule has 1 heterocycles. The molecule has 0 N–H and O–H groups in total. The van der Waals surface area contributed by atoms with E-state index in [0.717, 1.165) is 31.2 Å². The van der Waals surface area contributed by atoms with Crippen molar-refractivity contribution >= 4 is 23.5 Å². The molecule has 2 fully saturated rings. The van der Waals surface area contributed by atoms with Gasteiger partial charge in [0.05, 0.1) is 23.9 Å². The zero-order valence-electron chi connectivity index (χ0n) is 15.0. The van der Waals surface area contributed by atoms with Crippen LogP contribution in [0.15, 0.2) is 54.6 Å². The largest absolute Gasteiger partial charge is 0.426 e. The second kappa shape index (κ2) is 7.35. The van der Waals surface area contributed by atoms with Crippen LogP contribution in [0.1, 0.15) is 31.2 Å². The first kappa shape index (κ1) is 17.5. The number of hydrogen-bond acceptors (Lipinski definition) is 4. The molecule has 1 aliphatic heterocycles. The highest BCUT2D eigenvalue weighted by molar-refractivity contribution is 6.22. The van der Waals surface area contributed by atoms with Gasteiger partial charge >= 0.3 is 5.97 Å². The summed E-state index contributed by atoms with van der Waals surface area (Å²) in [6, 6.07) is 16.0. The van der Waals surface area contributed by atoms with Crippen molar-refractivity contribution in [3.63, 3.8) is 0 Å². The van der Waals surface area contributed by atoms with Crippen molar-refractivity contribution in [2.24, 2.45) is 11.8 Å². The summed E-state index contributed by atoms with van der Waals surface area (Å²) in [4.78, 5) is 38.9. The fourth-order valence-electron chi connectivity index (χ4n) is 4.03. The second-order valence-electron chi connectivity index (χ2n) is 7.14. The zero-order valence-corrected chi connectivity index (χ0v) is 15.0. The molecule has 4 rings (SSSR count). The molecule has 5 nitrogen and oxygen atoms in total. The van der Waals surface area contributed by atoms with Crippen LogP contribution >= 0.6 is 0 Å². The minimum atomic E-state index is -0.383. The van der Waals surface area contributed by atoms with Gasteiger partial charge in [-0.3, -0.25) is 14.4 Å². The van der Waals surface area contributed by atoms with Gasteiger partial charge < -0.3 is 4.74 Å². The number of imide groups is 1. The lowest BCUT2D eigenvalue weighted by Crippen LogP contribution is -2.30. The topological polar surface area (TPSA) is 63.7 Å². The fraction of sp³-hybridized carbons (Fsp3) is 0.318. The first-order valence-electron chi connectivity index (χ1n) is 9.36. The Hall–Kier alpha value is -2.95. The summed E-state index contributed by atoms with van der Waals surface area (Å²) in [6.45, 7) is 0. The van der Waals surface area contributed by atoms with Crippen molar-refractivity contribution in [2.45, 2.75) is 32.1 Å². The van der Waals surface area contributed by atoms with E-state index in [9.17, 15) is 14.4 Å². The van der Waals surface area contributed by atoms with Crippen molar-refractivity contribution in [1.82, 2.24) is 0 Å². The van der Waals surface area contributed by atoms with Crippen molar-refractivity contribution in [3.8, 4) is 5.75 Å². The lowest BCUT2D eigenvalue weighted by atomic mass is 9.81. The van der Waals surface area contributed by atoms with E-state index in [2.05, 4.69) is 0 Å². The van der Waals surface area contributed by atoms with E-state index in [0.29, 0.717) is 11.4 Å². The summed E-state index contributed by atoms with van der Waals surface area (Å²) in [6.07, 6.45) is 3.70. The van der Waals surface area contributed by atoms with Crippen LogP contribution in [0.5, 0.6) is 5.75 Å². The van der Waals surface area contributed by atoms with E-state index >= 15 is 0 Å². The average molecular weight is 363 g/mol. The summed E-state index contributed by atoms with van der Waals surface area (Å²) in [5.41, 5.74) is 1.34. The van der Waals surface area contributed by atoms with E-state index in [1.165, 1.54) is 4.90 Å². The second-order valence-corrected chi connectivity index (χ2v) is 7.14. The van der Waals surface area contributed by atoms with E-state index in [1.54, 1.807) is 24.3 Å². The van der Waals surface area contributed by atoms with E-state index in [1.807, 2.05) is 30.3 Å². The van der Waals surface area contributed by atoms with Crippen LogP contribution < -0.4 is 9.64 Å². The third-order valence-corrected chi connectivity index (χ3v) is 5.34. The molecule has 1 aliphatic carbocycles. The average Bonchev–Trinajstić information content (AvgIpc) is 2.94. The molecule has 2 aromatic rings. The van der Waals surface area contributed by atoms with Gasteiger partial charge in [-0.2, -0.15) is 0 Å². The monoisotopic (exact) mass is 363 g/mol. The lowest BCUT2D eigenvalue weighted by Gasteiger charge is -2.19. The minimum Gasteiger partial charge on any atom is -0.426 e. The third kappa shape index (κ3) is 3.50. The van der Waals surface area contributed by atoms with Crippen LogP contribution in [-0.2, 0) is 20.8 Å². The molecule has 5 heteroatoms. The number of fused-ring (bicyclic) bond motifs is 1. The molecule has 2 aromatic carbocycles. The number of benzene rings is 2. The molecule has 0 bridgehead atoms. The normalized spacial score (nSPS) is 21.9. The predicted octanol–water partition coefficient (Wildman–Crippen LogP) is 3.51. The molecule has 1 saturated carbocycles. The van der Waals surface area contributed by atoms with Crippen molar-refractivity contribution in [3.05, 3.63) is 60.2 Å². The Labute approximate surface area is 157 Å². The number of hydrogen-bond donors (Lipinski definition) is 0. The standard InChI is InChI=1S/C22H21NO4/c24-20(13-15-7-2-1-3-8-15)27-17-10-6-9-16(14-17)23-21(25)18-11-4-5-12-19(18)22(23)26/h1-3,6-10,14,18-19H,4-5,11-13H2/t18-,19-/m0/s1. The molecule has 0 radical (unpaired) electrons. The highest BCUT2D eigenvalue weighted by Crippen LogP contribution is 2.40. The number of ether oxygens (including phenoxy) is 1. The predicted molar refractivity (Wildman–Crippen MR) is 100 cm³/mol. The van der Waals surface area contributed by atoms with Crippen LogP contribution in [0.3, 0.4) is 0 Å². The van der Waals surface area contributed by atoms with Crippen molar-refractivity contribution < 1.29 is 19.1 Å². The Balaban J connectivity index is 1.50. The molecule has 138 valence electrons. The number of nitrogens with zero attached hydrogens (tertiary/aromatic N) is 1. The quantitative estimate of drug-likeness (QED) is 0.474. The van der Waals surface area contributed by atoms with Crippen molar-refractivity contribution in [1.29, 1.82) is 0 Å². The van der Waals surface area contributed by atoms with Gasteiger partial charge in [0.1, 0.15) is 5.75 Å². The van der Waals surface area contributed by atoms with E-state index in [-0.39, 0.29) is 36.0 Å². The number of carbonyl (C=O) groups is 3. The maximum absolute atomic E-state index is 12.7. The highest BCUT2D eigenvalue weighted by Gasteiger charge is 2.48. The molecule has 27 heavy (non-hydrogen) atoms. The number of amides is 2. The van der Waals surface area contributed by atoms with Gasteiger partial charge in [0.2, 0.25) is 11.8 Å². The van der Waals surface area contributed by atoms with Gasteiger partial charge in [-0.05, 0) is 30.5 Å². The SMILES string of the molecule is O=C(Cc1ccccc1)Oc1cccc(N2C(=O)[C@H]3CCCC[C@@H]3C2=O)c1. The van der Waals surface area contributed by atoms with Gasteiger partial charge in [0.15, 0.2) is 0 Å². The molecular formula is C22H21NO4. The lowest BCUT2D eigenvalue weighted by molar-refractivity contribution is -0.133. The maximum Gasteiger partial charge on any atom is 0.315 e. The van der Waals surface area contributed by atoms with E-state index in [4.69, 9.17) is 4.74 Å². The van der Waals surface area contributed by atoms with Gasteiger partial charge in [-0.25, -0.2) is 4.90 Å². The van der Waals surface area contributed by atoms with Crippen LogP contribution in [-0.4, -0.2) is 17.8 Å². The fourth-order valence-corrected chi connectivity index (χ4v) is 4.03. The Morgan fingerprint density at radius 1 is 0.926 bits per heavy atom. The molecule has 0 unspecified atom stereocenters. The van der Waals surface area contributed by atoms with Crippen LogP contribution in [0.4, 0.5) is 5.69 Å². The van der Waals surface area contributed by atoms with Gasteiger partial charge in [0, 0.05) is 6.07 Å². The Bertz CT molecular complexity index is 853. The third-order valence-electron chi connectivity index (χ3n) is 5.34. The first-order chi connectivity index (χ1) is 13.1. The zero-order chi connectivity index (χ0) is 18.8. The number of anilines is 1. The summed E-state index contributed by atoms with van der Waals surface area (Å²) < 4.78 is 5.42. The number of rotatable bonds is 4. The maximum atomic E-state index is 12.7. The van der Waals surface area contributed by atoms with Gasteiger partial charge in [-0.1, -0.05) is 49.2 Å². The molecular weight excluding hydrogens is 342 g/mol. The summed E-state index contributed by atoms with van der Waals surface area (Å²) >= 11 is 0. The summed E-state index contributed by atoms with van der Waals surface area (Å²) in [5, 5.41) is 0. The summed E-state index contributed by atoms with van der Waals surface area (Å²) in [5.74, 6) is -0.698. The molecule has 2 aliphatic rings. The van der Waals surface area contributed by atoms with Crippen molar-refractivity contribution in [2.75, 3.05) is 4.90 Å². The summed E-state index contributed by atoms with van der Waals surface area (Å²) in [7, 11) is 0. The number of carbonyl (C=O) groups excluding carboxylic acids is 3. The highest BCUT2D eigenvalue weighted by atomic mass is 16.5. The Morgan fingerprint density at radius 3 is 2.26 bits per heavy atom. The molecule has 0 spiro atoms. The van der Waals surface area contributed by atoms with Gasteiger partial charge in [0.25, 0.3) is 0 Å². The Morgan fingerprint density at radius 2 is 1.59 bits per heavy atom. The van der Waals surface area contributed by atoms with Crippen LogP contribution in [0.25, 0.3) is 0 Å². The van der Waals surface area contributed by atoms with E-state index < -0.39 is 0 Å². The van der Waals surface area contributed by atoms with Gasteiger partial charge in [-0.15, -0.1) is 0 Å². The minimum absolute atomic E-state index is 0.127. The molecule has 0 aromatic heterocycles. The van der Waals surface area contributed by atoms with Crippen LogP contribution in [0.2, 0.25) is 0 Å². The van der Waals surface area contributed by atoms with Crippen LogP contribution in [0, 0.1) is 11.8 Å². The number of esters is 1. The molecule has 2 atom stereocenters. The molecule has 1 saturated heterocycles. The Kier molecular flexibility index (Phi) is 4.75. The smallest absolute Gasteiger partial charge is 0.315 e.